The highest BCUT2D eigenvalue weighted by Crippen LogP contribution is 2.13. The van der Waals surface area contributed by atoms with E-state index in [0.717, 1.165) is 50.5 Å². The van der Waals surface area contributed by atoms with E-state index in [9.17, 15) is 4.79 Å². The number of hydrogen-bond acceptors (Lipinski definition) is 1. The summed E-state index contributed by atoms with van der Waals surface area (Å²) in [5.41, 5.74) is 0.927. The molecule has 0 amide bonds. The van der Waals surface area contributed by atoms with Crippen LogP contribution in [0.5, 0.6) is 0 Å². The van der Waals surface area contributed by atoms with Crippen LogP contribution < -0.4 is 0 Å². The summed E-state index contributed by atoms with van der Waals surface area (Å²) in [5, 5.41) is 0. The van der Waals surface area contributed by atoms with Gasteiger partial charge in [0.2, 0.25) is 0 Å². The third-order valence-corrected chi connectivity index (χ3v) is 2.17. The molecule has 0 aromatic carbocycles. The van der Waals surface area contributed by atoms with Crippen molar-refractivity contribution < 1.29 is 4.79 Å². The van der Waals surface area contributed by atoms with Crippen LogP contribution >= 0.6 is 0 Å². The molecule has 0 aliphatic heterocycles. The van der Waals surface area contributed by atoms with Crippen LogP contribution in [0.25, 0.3) is 0 Å². The second-order valence-corrected chi connectivity index (χ2v) is 3.42. The molecular formula is C13H20O. The van der Waals surface area contributed by atoms with Gasteiger partial charge in [0.05, 0.1) is 0 Å². The average Bonchev–Trinajstić information content (AvgIpc) is 2.22. The largest absolute Gasteiger partial charge is 0.234 e. The molecule has 78 valence electrons. The summed E-state index contributed by atoms with van der Waals surface area (Å²) in [4.78, 5) is 10.6. The average molecular weight is 192 g/mol. The van der Waals surface area contributed by atoms with Crippen molar-refractivity contribution in [1.29, 1.82) is 0 Å². The summed E-state index contributed by atoms with van der Waals surface area (Å²) >= 11 is 0. The Hall–Kier alpha value is -1.07. The van der Waals surface area contributed by atoms with Gasteiger partial charge in [-0.25, -0.2) is 4.79 Å². The fourth-order valence-corrected chi connectivity index (χ4v) is 1.31. The molecule has 0 radical (unpaired) electrons. The van der Waals surface area contributed by atoms with E-state index in [2.05, 4.69) is 13.2 Å². The molecule has 0 heterocycles. The van der Waals surface area contributed by atoms with E-state index in [4.69, 9.17) is 0 Å². The first kappa shape index (κ1) is 12.9. The molecule has 0 saturated heterocycles. The summed E-state index contributed by atoms with van der Waals surface area (Å²) < 4.78 is 0. The van der Waals surface area contributed by atoms with Gasteiger partial charge in [-0.15, -0.1) is 13.2 Å². The van der Waals surface area contributed by atoms with Crippen molar-refractivity contribution >= 4 is 5.94 Å². The van der Waals surface area contributed by atoms with Crippen LogP contribution in [-0.4, -0.2) is 5.94 Å². The molecule has 0 aliphatic rings. The standard InChI is InChI=1S/C13H20O/c1-3-5-7-9-11-13(12-14)10-8-6-4-2/h3-4H,1-2,5-11H2. The van der Waals surface area contributed by atoms with Crippen molar-refractivity contribution in [3.05, 3.63) is 30.9 Å². The highest BCUT2D eigenvalue weighted by Gasteiger charge is 1.97. The van der Waals surface area contributed by atoms with Crippen LogP contribution in [0.2, 0.25) is 0 Å². The van der Waals surface area contributed by atoms with Gasteiger partial charge in [-0.05, 0) is 44.9 Å². The molecule has 0 aliphatic carbocycles. The van der Waals surface area contributed by atoms with Crippen molar-refractivity contribution in [2.24, 2.45) is 0 Å². The number of allylic oxidation sites excluding steroid dienone is 3. The third-order valence-electron chi connectivity index (χ3n) is 2.17. The zero-order valence-electron chi connectivity index (χ0n) is 8.93. The molecule has 14 heavy (non-hydrogen) atoms. The Morgan fingerprint density at radius 2 is 1.57 bits per heavy atom. The van der Waals surface area contributed by atoms with Crippen LogP contribution in [0, 0.1) is 0 Å². The summed E-state index contributed by atoms with van der Waals surface area (Å²) in [5.74, 6) is 2.04. The van der Waals surface area contributed by atoms with Crippen LogP contribution in [0.1, 0.15) is 44.9 Å². The number of carbonyl (C=O) groups excluding carboxylic acids is 1. The predicted molar refractivity (Wildman–Crippen MR) is 61.9 cm³/mol. The zero-order valence-corrected chi connectivity index (χ0v) is 8.93. The molecule has 0 aromatic heterocycles. The van der Waals surface area contributed by atoms with Crippen LogP contribution in [0.3, 0.4) is 0 Å². The van der Waals surface area contributed by atoms with Crippen LogP contribution in [0.15, 0.2) is 30.9 Å². The minimum absolute atomic E-state index is 0.879. The van der Waals surface area contributed by atoms with Crippen molar-refractivity contribution in [2.75, 3.05) is 0 Å². The van der Waals surface area contributed by atoms with E-state index >= 15 is 0 Å². The summed E-state index contributed by atoms with van der Waals surface area (Å²) in [6.45, 7) is 7.31. The molecular weight excluding hydrogens is 172 g/mol. The lowest BCUT2D eigenvalue weighted by atomic mass is 10.0. The number of hydrogen-bond donors (Lipinski definition) is 0. The van der Waals surface area contributed by atoms with Gasteiger partial charge in [0.25, 0.3) is 0 Å². The molecule has 0 bridgehead atoms. The Bertz CT molecular complexity index is 209. The van der Waals surface area contributed by atoms with Crippen LogP contribution in [0.4, 0.5) is 0 Å². The smallest absolute Gasteiger partial charge is 0.123 e. The highest BCUT2D eigenvalue weighted by molar-refractivity contribution is 5.52. The summed E-state index contributed by atoms with van der Waals surface area (Å²) in [7, 11) is 0. The molecule has 0 fully saturated rings. The first-order chi connectivity index (χ1) is 6.85. The van der Waals surface area contributed by atoms with E-state index in [-0.39, 0.29) is 0 Å². The van der Waals surface area contributed by atoms with Gasteiger partial charge < -0.3 is 0 Å². The first-order valence-electron chi connectivity index (χ1n) is 5.29. The monoisotopic (exact) mass is 192 g/mol. The minimum atomic E-state index is 0.879. The van der Waals surface area contributed by atoms with Gasteiger partial charge >= 0.3 is 0 Å². The maximum Gasteiger partial charge on any atom is 0.123 e. The first-order valence-corrected chi connectivity index (χ1v) is 5.29. The van der Waals surface area contributed by atoms with Crippen molar-refractivity contribution in [3.8, 4) is 0 Å². The second-order valence-electron chi connectivity index (χ2n) is 3.42. The quantitative estimate of drug-likeness (QED) is 0.308. The minimum Gasteiger partial charge on any atom is -0.234 e. The van der Waals surface area contributed by atoms with E-state index < -0.39 is 0 Å². The molecule has 1 nitrogen and oxygen atoms in total. The van der Waals surface area contributed by atoms with E-state index in [1.807, 2.05) is 18.1 Å². The van der Waals surface area contributed by atoms with Gasteiger partial charge in [-0.3, -0.25) is 0 Å². The van der Waals surface area contributed by atoms with Gasteiger partial charge in [-0.2, -0.15) is 0 Å². The Kier molecular flexibility index (Phi) is 9.25. The molecule has 0 saturated carbocycles. The van der Waals surface area contributed by atoms with Gasteiger partial charge in [0, 0.05) is 5.57 Å². The van der Waals surface area contributed by atoms with E-state index in [0.29, 0.717) is 0 Å². The SMILES string of the molecule is C=CCCCCC(=C=O)CCCC=C. The molecule has 1 heteroatoms. The molecule has 0 N–H and O–H groups in total. The number of rotatable bonds is 9. The van der Waals surface area contributed by atoms with Crippen molar-refractivity contribution in [3.63, 3.8) is 0 Å². The maximum atomic E-state index is 10.6. The summed E-state index contributed by atoms with van der Waals surface area (Å²) in [6.07, 6.45) is 10.8. The Balaban J connectivity index is 3.54. The Labute approximate surface area is 87.2 Å². The summed E-state index contributed by atoms with van der Waals surface area (Å²) in [6, 6.07) is 0. The molecule has 0 spiro atoms. The lowest BCUT2D eigenvalue weighted by Gasteiger charge is -2.01. The third kappa shape index (κ3) is 7.57. The fourth-order valence-electron chi connectivity index (χ4n) is 1.31. The normalized spacial score (nSPS) is 9.14. The van der Waals surface area contributed by atoms with Crippen LogP contribution in [-0.2, 0) is 4.79 Å². The molecule has 0 rings (SSSR count). The molecule has 0 unspecified atom stereocenters. The van der Waals surface area contributed by atoms with Gasteiger partial charge in [0.1, 0.15) is 5.94 Å². The van der Waals surface area contributed by atoms with Crippen molar-refractivity contribution in [2.45, 2.75) is 44.9 Å². The Morgan fingerprint density at radius 1 is 1.00 bits per heavy atom. The van der Waals surface area contributed by atoms with Gasteiger partial charge in [0.15, 0.2) is 0 Å². The lowest BCUT2D eigenvalue weighted by molar-refractivity contribution is 0.562. The van der Waals surface area contributed by atoms with E-state index in [1.54, 1.807) is 0 Å². The topological polar surface area (TPSA) is 17.1 Å². The highest BCUT2D eigenvalue weighted by atomic mass is 16.1. The zero-order chi connectivity index (χ0) is 10.6. The molecule has 0 aromatic rings. The van der Waals surface area contributed by atoms with Gasteiger partial charge in [-0.1, -0.05) is 12.2 Å². The maximum absolute atomic E-state index is 10.6. The van der Waals surface area contributed by atoms with Crippen molar-refractivity contribution in [1.82, 2.24) is 0 Å². The lowest BCUT2D eigenvalue weighted by Crippen LogP contribution is -1.86. The Morgan fingerprint density at radius 3 is 2.14 bits per heavy atom. The van der Waals surface area contributed by atoms with E-state index in [1.165, 1.54) is 0 Å². The molecule has 0 atom stereocenters. The fraction of sp³-hybridized carbons (Fsp3) is 0.538. The second kappa shape index (κ2) is 10.0. The number of unbranched alkanes of at least 4 members (excludes halogenated alkanes) is 3. The predicted octanol–water partition coefficient (Wildman–Crippen LogP) is 3.85.